The van der Waals surface area contributed by atoms with E-state index < -0.39 is 0 Å². The molecule has 1 unspecified atom stereocenters. The third kappa shape index (κ3) is 1.75. The summed E-state index contributed by atoms with van der Waals surface area (Å²) in [5.41, 5.74) is 0. The smallest absolute Gasteiger partial charge is 0.0696 e. The second kappa shape index (κ2) is 3.63. The molecule has 1 rings (SSSR count). The fraction of sp³-hybridized carbons (Fsp3) is 0.778. The highest BCUT2D eigenvalue weighted by atomic mass is 15.1. The molecule has 1 aliphatic heterocycles. The Labute approximate surface area is 63.4 Å². The van der Waals surface area contributed by atoms with Gasteiger partial charge >= 0.3 is 0 Å². The quantitative estimate of drug-likeness (QED) is 0.493. The molecular weight excluding hydrogens is 122 g/mol. The van der Waals surface area contributed by atoms with Crippen LogP contribution in [0.2, 0.25) is 0 Å². The minimum Gasteiger partial charge on any atom is -0.290 e. The lowest BCUT2D eigenvalue weighted by Crippen LogP contribution is -2.36. The van der Waals surface area contributed by atoms with Gasteiger partial charge in [0.15, 0.2) is 0 Å². The van der Waals surface area contributed by atoms with Gasteiger partial charge in [-0.3, -0.25) is 4.90 Å². The number of hydrogen-bond donors (Lipinski definition) is 0. The molecule has 0 aliphatic carbocycles. The number of nitrogens with zero attached hydrogens (tertiary/aromatic N) is 1. The molecule has 1 heterocycles. The first-order valence-electron chi connectivity index (χ1n) is 4.01. The van der Waals surface area contributed by atoms with Gasteiger partial charge in [-0.2, -0.15) is 0 Å². The molecule has 1 nitrogen and oxygen atoms in total. The first-order chi connectivity index (χ1) is 4.84. The summed E-state index contributed by atoms with van der Waals surface area (Å²) in [5, 5.41) is 0. The highest BCUT2D eigenvalue weighted by molar-refractivity contribution is 4.92. The molecule has 0 aromatic heterocycles. The zero-order chi connectivity index (χ0) is 7.40. The van der Waals surface area contributed by atoms with Gasteiger partial charge < -0.3 is 0 Å². The van der Waals surface area contributed by atoms with Crippen LogP contribution >= 0.6 is 0 Å². The molecule has 0 spiro atoms. The van der Waals surface area contributed by atoms with Crippen molar-refractivity contribution in [1.29, 1.82) is 0 Å². The van der Waals surface area contributed by atoms with Crippen molar-refractivity contribution in [3.05, 3.63) is 6.42 Å². The highest BCUT2D eigenvalue weighted by Gasteiger charge is 2.13. The molecule has 1 aliphatic rings. The van der Waals surface area contributed by atoms with E-state index in [1.165, 1.54) is 19.3 Å². The van der Waals surface area contributed by atoms with Crippen molar-refractivity contribution < 1.29 is 0 Å². The molecule has 0 N–H and O–H groups in total. The fourth-order valence-corrected chi connectivity index (χ4v) is 1.40. The van der Waals surface area contributed by atoms with Crippen LogP contribution in [-0.2, 0) is 0 Å². The topological polar surface area (TPSA) is 3.24 Å². The van der Waals surface area contributed by atoms with Gasteiger partial charge in [0, 0.05) is 0 Å². The van der Waals surface area contributed by atoms with E-state index in [-0.39, 0.29) is 6.04 Å². The van der Waals surface area contributed by atoms with Crippen LogP contribution in [-0.4, -0.2) is 24.0 Å². The summed E-state index contributed by atoms with van der Waals surface area (Å²) in [7, 11) is 0. The zero-order valence-electron chi connectivity index (χ0n) is 6.56. The van der Waals surface area contributed by atoms with E-state index in [4.69, 9.17) is 6.42 Å². The Bertz CT molecular complexity index is 128. The maximum Gasteiger partial charge on any atom is 0.0696 e. The Morgan fingerprint density at radius 3 is 2.40 bits per heavy atom. The Morgan fingerprint density at radius 1 is 1.30 bits per heavy atom. The summed E-state index contributed by atoms with van der Waals surface area (Å²) in [6.07, 6.45) is 10.9. The molecule has 1 atom stereocenters. The van der Waals surface area contributed by atoms with Gasteiger partial charge in [-0.25, -0.2) is 0 Å². The number of rotatable bonds is 1. The van der Waals surface area contributed by atoms with Crippen LogP contribution < -0.4 is 0 Å². The Balaban J connectivity index is 2.33. The molecule has 1 radical (unpaired) electrons. The molecule has 1 heteroatoms. The van der Waals surface area contributed by atoms with Crippen molar-refractivity contribution in [3.8, 4) is 5.92 Å². The van der Waals surface area contributed by atoms with Crippen LogP contribution in [0.3, 0.4) is 0 Å². The van der Waals surface area contributed by atoms with Crippen LogP contribution in [0, 0.1) is 12.3 Å². The van der Waals surface area contributed by atoms with Gasteiger partial charge in [-0.1, -0.05) is 12.3 Å². The van der Waals surface area contributed by atoms with Crippen LogP contribution in [0.25, 0.3) is 0 Å². The Kier molecular flexibility index (Phi) is 2.77. The molecule has 0 aromatic rings. The first-order valence-corrected chi connectivity index (χ1v) is 4.01. The lowest BCUT2D eigenvalue weighted by Gasteiger charge is -2.28. The molecule has 0 bridgehead atoms. The summed E-state index contributed by atoms with van der Waals surface area (Å²) in [6.45, 7) is 4.36. The summed E-state index contributed by atoms with van der Waals surface area (Å²) in [4.78, 5) is 2.32. The van der Waals surface area contributed by atoms with Gasteiger partial charge in [0.25, 0.3) is 0 Å². The summed E-state index contributed by atoms with van der Waals surface area (Å²) in [5.74, 6) is 2.51. The predicted molar refractivity (Wildman–Crippen MR) is 42.0 cm³/mol. The monoisotopic (exact) mass is 136 g/mol. The number of hydrogen-bond acceptors (Lipinski definition) is 1. The predicted octanol–water partition coefficient (Wildman–Crippen LogP) is 1.45. The van der Waals surface area contributed by atoms with E-state index in [0.29, 0.717) is 0 Å². The second-order valence-electron chi connectivity index (χ2n) is 2.92. The molecule has 0 amide bonds. The first kappa shape index (κ1) is 7.63. The average Bonchev–Trinajstić information content (AvgIpc) is 2.05. The normalized spacial score (nSPS) is 23.6. The van der Waals surface area contributed by atoms with Gasteiger partial charge in [0.05, 0.1) is 6.04 Å². The van der Waals surface area contributed by atoms with Crippen LogP contribution in [0.1, 0.15) is 26.2 Å². The van der Waals surface area contributed by atoms with Crippen molar-refractivity contribution in [2.24, 2.45) is 0 Å². The number of likely N-dealkylation sites (tertiary alicyclic amines) is 1. The Hall–Kier alpha value is -0.480. The van der Waals surface area contributed by atoms with E-state index in [1.807, 2.05) is 6.92 Å². The van der Waals surface area contributed by atoms with Crippen LogP contribution in [0.4, 0.5) is 0 Å². The third-order valence-electron chi connectivity index (χ3n) is 2.15. The van der Waals surface area contributed by atoms with Crippen molar-refractivity contribution in [3.63, 3.8) is 0 Å². The average molecular weight is 136 g/mol. The van der Waals surface area contributed by atoms with Crippen molar-refractivity contribution in [2.75, 3.05) is 13.1 Å². The minimum atomic E-state index is 0.236. The van der Waals surface area contributed by atoms with E-state index in [1.54, 1.807) is 0 Å². The third-order valence-corrected chi connectivity index (χ3v) is 2.15. The maximum absolute atomic E-state index is 6.95. The SMILES string of the molecule is [C]#CC(C)N1CCCCC1. The minimum absolute atomic E-state index is 0.236. The highest BCUT2D eigenvalue weighted by Crippen LogP contribution is 2.10. The lowest BCUT2D eigenvalue weighted by molar-refractivity contribution is 0.206. The van der Waals surface area contributed by atoms with E-state index in [2.05, 4.69) is 10.8 Å². The standard InChI is InChI=1S/C9H14N/c1-3-9(2)10-7-5-4-6-8-10/h9H,4-8H2,2H3. The van der Waals surface area contributed by atoms with Gasteiger partial charge in [0.2, 0.25) is 0 Å². The molecular formula is C9H14N. The van der Waals surface area contributed by atoms with Crippen LogP contribution in [0.5, 0.6) is 0 Å². The molecule has 0 saturated carbocycles. The molecule has 10 heavy (non-hydrogen) atoms. The lowest BCUT2D eigenvalue weighted by atomic mass is 10.1. The Morgan fingerprint density at radius 2 is 1.90 bits per heavy atom. The van der Waals surface area contributed by atoms with E-state index in [9.17, 15) is 0 Å². The van der Waals surface area contributed by atoms with Crippen molar-refractivity contribution >= 4 is 0 Å². The second-order valence-corrected chi connectivity index (χ2v) is 2.92. The zero-order valence-corrected chi connectivity index (χ0v) is 6.56. The van der Waals surface area contributed by atoms with E-state index >= 15 is 0 Å². The van der Waals surface area contributed by atoms with E-state index in [0.717, 1.165) is 13.1 Å². The summed E-state index contributed by atoms with van der Waals surface area (Å²) < 4.78 is 0. The van der Waals surface area contributed by atoms with Gasteiger partial charge in [-0.05, 0) is 39.3 Å². The summed E-state index contributed by atoms with van der Waals surface area (Å²) in [6, 6.07) is 0.236. The van der Waals surface area contributed by atoms with Crippen molar-refractivity contribution in [2.45, 2.75) is 32.2 Å². The molecule has 55 valence electrons. The fourth-order valence-electron chi connectivity index (χ4n) is 1.40. The molecule has 0 aromatic carbocycles. The number of piperidine rings is 1. The molecule has 1 fully saturated rings. The largest absolute Gasteiger partial charge is 0.290 e. The maximum atomic E-state index is 6.95. The van der Waals surface area contributed by atoms with Gasteiger partial charge in [-0.15, -0.1) is 0 Å². The molecule has 1 saturated heterocycles. The summed E-state index contributed by atoms with van der Waals surface area (Å²) >= 11 is 0. The van der Waals surface area contributed by atoms with Gasteiger partial charge in [0.1, 0.15) is 0 Å². The van der Waals surface area contributed by atoms with Crippen molar-refractivity contribution in [1.82, 2.24) is 4.90 Å². The van der Waals surface area contributed by atoms with Crippen LogP contribution in [0.15, 0.2) is 0 Å².